The first-order valence-corrected chi connectivity index (χ1v) is 6.61. The van der Waals surface area contributed by atoms with Crippen LogP contribution < -0.4 is 4.90 Å². The van der Waals surface area contributed by atoms with Crippen LogP contribution in [0.15, 0.2) is 18.2 Å². The van der Waals surface area contributed by atoms with Crippen molar-refractivity contribution in [3.8, 4) is 6.07 Å². The topological polar surface area (TPSA) is 47.3 Å². The van der Waals surface area contributed by atoms with Crippen molar-refractivity contribution in [1.29, 1.82) is 5.26 Å². The first-order chi connectivity index (χ1) is 9.11. The van der Waals surface area contributed by atoms with E-state index in [1.807, 2.05) is 42.0 Å². The lowest BCUT2D eigenvalue weighted by Crippen LogP contribution is -2.37. The molecule has 0 radical (unpaired) electrons. The molecule has 0 aromatic heterocycles. The number of rotatable bonds is 3. The third-order valence-electron chi connectivity index (χ3n) is 3.60. The minimum Gasteiger partial charge on any atom is -0.365 e. The SMILES string of the molecule is Cc1cc(N(C)CC(=O)N2CCCC2)ccc1C#N. The molecule has 0 aliphatic carbocycles. The van der Waals surface area contributed by atoms with E-state index < -0.39 is 0 Å². The molecule has 0 saturated carbocycles. The van der Waals surface area contributed by atoms with Gasteiger partial charge in [0.25, 0.3) is 0 Å². The largest absolute Gasteiger partial charge is 0.365 e. The summed E-state index contributed by atoms with van der Waals surface area (Å²) in [6.07, 6.45) is 2.23. The van der Waals surface area contributed by atoms with Crippen LogP contribution in [0.25, 0.3) is 0 Å². The number of nitriles is 1. The van der Waals surface area contributed by atoms with Gasteiger partial charge in [0.1, 0.15) is 0 Å². The fourth-order valence-electron chi connectivity index (χ4n) is 2.37. The van der Waals surface area contributed by atoms with Crippen LogP contribution in [-0.2, 0) is 4.79 Å². The Labute approximate surface area is 114 Å². The molecule has 19 heavy (non-hydrogen) atoms. The zero-order valence-electron chi connectivity index (χ0n) is 11.5. The second-order valence-corrected chi connectivity index (χ2v) is 5.05. The van der Waals surface area contributed by atoms with Crippen LogP contribution in [0.1, 0.15) is 24.0 Å². The van der Waals surface area contributed by atoms with Crippen LogP contribution in [0, 0.1) is 18.3 Å². The van der Waals surface area contributed by atoms with Gasteiger partial charge in [-0.15, -0.1) is 0 Å². The van der Waals surface area contributed by atoms with Gasteiger partial charge in [-0.05, 0) is 43.5 Å². The molecule has 2 rings (SSSR count). The summed E-state index contributed by atoms with van der Waals surface area (Å²) in [5.41, 5.74) is 2.60. The van der Waals surface area contributed by atoms with E-state index in [0.717, 1.165) is 37.2 Å². The van der Waals surface area contributed by atoms with E-state index >= 15 is 0 Å². The Balaban J connectivity index is 2.03. The Bertz CT molecular complexity index is 513. The number of likely N-dealkylation sites (N-methyl/N-ethyl adjacent to an activating group) is 1. The first kappa shape index (κ1) is 13.4. The lowest BCUT2D eigenvalue weighted by molar-refractivity contribution is -0.128. The molecule has 4 heteroatoms. The fourth-order valence-corrected chi connectivity index (χ4v) is 2.37. The van der Waals surface area contributed by atoms with Gasteiger partial charge in [-0.2, -0.15) is 5.26 Å². The van der Waals surface area contributed by atoms with E-state index in [2.05, 4.69) is 6.07 Å². The Morgan fingerprint density at radius 3 is 2.68 bits per heavy atom. The van der Waals surface area contributed by atoms with Crippen molar-refractivity contribution in [2.24, 2.45) is 0 Å². The van der Waals surface area contributed by atoms with Crippen molar-refractivity contribution in [3.63, 3.8) is 0 Å². The van der Waals surface area contributed by atoms with E-state index in [-0.39, 0.29) is 5.91 Å². The van der Waals surface area contributed by atoms with Crippen molar-refractivity contribution in [2.75, 3.05) is 31.6 Å². The second-order valence-electron chi connectivity index (χ2n) is 5.05. The number of hydrogen-bond donors (Lipinski definition) is 0. The average Bonchev–Trinajstić information content (AvgIpc) is 2.92. The number of anilines is 1. The smallest absolute Gasteiger partial charge is 0.242 e. The van der Waals surface area contributed by atoms with Crippen LogP contribution in [-0.4, -0.2) is 37.5 Å². The molecule has 4 nitrogen and oxygen atoms in total. The zero-order chi connectivity index (χ0) is 13.8. The highest BCUT2D eigenvalue weighted by Crippen LogP contribution is 2.18. The third-order valence-corrected chi connectivity index (χ3v) is 3.60. The van der Waals surface area contributed by atoms with E-state index in [1.54, 1.807) is 0 Å². The van der Waals surface area contributed by atoms with Gasteiger partial charge in [-0.3, -0.25) is 4.79 Å². The van der Waals surface area contributed by atoms with Gasteiger partial charge in [0, 0.05) is 25.8 Å². The molecule has 1 aliphatic heterocycles. The summed E-state index contributed by atoms with van der Waals surface area (Å²) in [6, 6.07) is 7.81. The highest BCUT2D eigenvalue weighted by atomic mass is 16.2. The van der Waals surface area contributed by atoms with Gasteiger partial charge in [0.05, 0.1) is 18.2 Å². The van der Waals surface area contributed by atoms with Crippen LogP contribution in [0.5, 0.6) is 0 Å². The Hall–Kier alpha value is -2.02. The Morgan fingerprint density at radius 1 is 1.42 bits per heavy atom. The number of likely N-dealkylation sites (tertiary alicyclic amines) is 1. The predicted octanol–water partition coefficient (Wildman–Crippen LogP) is 1.93. The van der Waals surface area contributed by atoms with E-state index in [9.17, 15) is 4.79 Å². The number of nitrogens with zero attached hydrogens (tertiary/aromatic N) is 3. The number of carbonyl (C=O) groups excluding carboxylic acids is 1. The summed E-state index contributed by atoms with van der Waals surface area (Å²) in [6.45, 7) is 4.08. The molecule has 0 unspecified atom stereocenters. The molecule has 1 aromatic rings. The molecular weight excluding hydrogens is 238 g/mol. The highest BCUT2D eigenvalue weighted by Gasteiger charge is 2.19. The monoisotopic (exact) mass is 257 g/mol. The molecule has 1 saturated heterocycles. The van der Waals surface area contributed by atoms with Crippen molar-refractivity contribution in [2.45, 2.75) is 19.8 Å². The Kier molecular flexibility index (Phi) is 4.06. The third kappa shape index (κ3) is 3.05. The van der Waals surface area contributed by atoms with E-state index in [4.69, 9.17) is 5.26 Å². The maximum Gasteiger partial charge on any atom is 0.242 e. The number of benzene rings is 1. The number of carbonyl (C=O) groups is 1. The van der Waals surface area contributed by atoms with Crippen LogP contribution in [0.4, 0.5) is 5.69 Å². The molecule has 100 valence electrons. The molecule has 0 N–H and O–H groups in total. The van der Waals surface area contributed by atoms with Crippen molar-refractivity contribution < 1.29 is 4.79 Å². The minimum absolute atomic E-state index is 0.182. The van der Waals surface area contributed by atoms with Gasteiger partial charge in [0.15, 0.2) is 0 Å². The lowest BCUT2D eigenvalue weighted by Gasteiger charge is -2.23. The van der Waals surface area contributed by atoms with Gasteiger partial charge in [-0.1, -0.05) is 0 Å². The van der Waals surface area contributed by atoms with Crippen LogP contribution in [0.3, 0.4) is 0 Å². The fraction of sp³-hybridized carbons (Fsp3) is 0.467. The molecule has 1 aliphatic rings. The molecule has 1 heterocycles. The molecule has 1 aromatic carbocycles. The summed E-state index contributed by atoms with van der Waals surface area (Å²) >= 11 is 0. The standard InChI is InChI=1S/C15H19N3O/c1-12-9-14(6-5-13(12)10-16)17(2)11-15(19)18-7-3-4-8-18/h5-6,9H,3-4,7-8,11H2,1-2H3. The van der Waals surface area contributed by atoms with Crippen molar-refractivity contribution in [1.82, 2.24) is 4.90 Å². The predicted molar refractivity (Wildman–Crippen MR) is 75.0 cm³/mol. The number of amides is 1. The van der Waals surface area contributed by atoms with Crippen molar-refractivity contribution >= 4 is 11.6 Å². The normalized spacial score (nSPS) is 14.3. The van der Waals surface area contributed by atoms with Gasteiger partial charge in [0.2, 0.25) is 5.91 Å². The first-order valence-electron chi connectivity index (χ1n) is 6.61. The summed E-state index contributed by atoms with van der Waals surface area (Å²) in [5, 5.41) is 8.91. The summed E-state index contributed by atoms with van der Waals surface area (Å²) in [4.78, 5) is 15.9. The summed E-state index contributed by atoms with van der Waals surface area (Å²) in [5.74, 6) is 0.182. The van der Waals surface area contributed by atoms with E-state index in [0.29, 0.717) is 12.1 Å². The van der Waals surface area contributed by atoms with E-state index in [1.165, 1.54) is 0 Å². The highest BCUT2D eigenvalue weighted by molar-refractivity contribution is 5.81. The Morgan fingerprint density at radius 2 is 2.11 bits per heavy atom. The minimum atomic E-state index is 0.182. The van der Waals surface area contributed by atoms with Gasteiger partial charge < -0.3 is 9.80 Å². The molecule has 0 spiro atoms. The molecular formula is C15H19N3O. The maximum atomic E-state index is 12.1. The molecule has 0 bridgehead atoms. The zero-order valence-corrected chi connectivity index (χ0v) is 11.5. The van der Waals surface area contributed by atoms with Crippen LogP contribution >= 0.6 is 0 Å². The van der Waals surface area contributed by atoms with Gasteiger partial charge >= 0.3 is 0 Å². The quantitative estimate of drug-likeness (QED) is 0.831. The molecule has 1 fully saturated rings. The molecule has 1 amide bonds. The summed E-state index contributed by atoms with van der Waals surface area (Å²) in [7, 11) is 1.91. The number of aryl methyl sites for hydroxylation is 1. The molecule has 0 atom stereocenters. The maximum absolute atomic E-state index is 12.1. The second kappa shape index (κ2) is 5.75. The van der Waals surface area contributed by atoms with Gasteiger partial charge in [-0.25, -0.2) is 0 Å². The number of hydrogen-bond acceptors (Lipinski definition) is 3. The summed E-state index contributed by atoms with van der Waals surface area (Å²) < 4.78 is 0. The average molecular weight is 257 g/mol. The lowest BCUT2D eigenvalue weighted by atomic mass is 10.1. The van der Waals surface area contributed by atoms with Crippen molar-refractivity contribution in [3.05, 3.63) is 29.3 Å². The van der Waals surface area contributed by atoms with Crippen LogP contribution in [0.2, 0.25) is 0 Å².